The van der Waals surface area contributed by atoms with Crippen molar-refractivity contribution in [2.45, 2.75) is 17.4 Å². The van der Waals surface area contributed by atoms with Crippen LogP contribution in [0.25, 0.3) is 0 Å². The second-order valence-corrected chi connectivity index (χ2v) is 7.08. The minimum Gasteiger partial charge on any atom is -0.483 e. The number of aliphatic hydroxyl groups is 1. The maximum absolute atomic E-state index is 11.3. The number of aliphatic carboxylic acids is 1. The first-order valence-electron chi connectivity index (χ1n) is 6.57. The van der Waals surface area contributed by atoms with E-state index < -0.39 is 21.9 Å². The molecule has 2 rings (SSSR count). The van der Waals surface area contributed by atoms with Crippen LogP contribution in [0.5, 0.6) is 0 Å². The molecule has 0 aromatic carbocycles. The lowest BCUT2D eigenvalue weighted by atomic mass is 10.0. The summed E-state index contributed by atoms with van der Waals surface area (Å²) in [5.41, 5.74) is 0. The minimum absolute atomic E-state index is 0.0981. The van der Waals surface area contributed by atoms with Crippen LogP contribution in [0.2, 0.25) is 0 Å². The van der Waals surface area contributed by atoms with E-state index >= 15 is 0 Å². The maximum Gasteiger partial charge on any atom is 0.303 e. The second kappa shape index (κ2) is 7.88. The molecule has 0 unspecified atom stereocenters. The molecule has 1 aromatic rings. The van der Waals surface area contributed by atoms with Gasteiger partial charge in [-0.1, -0.05) is 0 Å². The Hall–Kier alpha value is -2.20. The van der Waals surface area contributed by atoms with Crippen molar-refractivity contribution in [3.8, 4) is 0 Å². The Labute approximate surface area is 133 Å². The minimum atomic E-state index is -3.29. The standard InChI is InChI=1S/C12H16N2O5S.CH2O2/c1-20(18,19)9-2-3-11(13-5-9)14-6-8(4-12(16)17)10(15)7-14;2-1-3/h2-3,5,8,10,15H,4,6-7H2,1H3,(H,16,17);1H,(H,2,3)/t8-,10-;/m1./s1. The first kappa shape index (κ1) is 18.8. The average Bonchev–Trinajstić information content (AvgIpc) is 2.79. The van der Waals surface area contributed by atoms with E-state index in [1.165, 1.54) is 12.3 Å². The van der Waals surface area contributed by atoms with E-state index in [9.17, 15) is 18.3 Å². The third-order valence-electron chi connectivity index (χ3n) is 3.32. The molecule has 1 aliphatic heterocycles. The summed E-state index contributed by atoms with van der Waals surface area (Å²) in [4.78, 5) is 25.0. The lowest BCUT2D eigenvalue weighted by molar-refractivity contribution is -0.138. The summed E-state index contributed by atoms with van der Waals surface area (Å²) in [6.07, 6.45) is 1.55. The van der Waals surface area contributed by atoms with E-state index in [-0.39, 0.29) is 23.7 Å². The van der Waals surface area contributed by atoms with E-state index in [1.54, 1.807) is 11.0 Å². The van der Waals surface area contributed by atoms with Gasteiger partial charge in [0.1, 0.15) is 5.82 Å². The Morgan fingerprint density at radius 2 is 2.04 bits per heavy atom. The van der Waals surface area contributed by atoms with Crippen molar-refractivity contribution in [3.63, 3.8) is 0 Å². The lowest BCUT2D eigenvalue weighted by Crippen LogP contribution is -2.22. The van der Waals surface area contributed by atoms with Gasteiger partial charge in [-0.05, 0) is 12.1 Å². The van der Waals surface area contributed by atoms with Gasteiger partial charge in [-0.3, -0.25) is 9.59 Å². The van der Waals surface area contributed by atoms with Gasteiger partial charge in [-0.15, -0.1) is 0 Å². The van der Waals surface area contributed by atoms with Gasteiger partial charge >= 0.3 is 5.97 Å². The van der Waals surface area contributed by atoms with Crippen molar-refractivity contribution >= 4 is 28.1 Å². The van der Waals surface area contributed by atoms with Crippen molar-refractivity contribution in [1.29, 1.82) is 0 Å². The zero-order valence-electron chi connectivity index (χ0n) is 12.4. The number of aromatic nitrogens is 1. The molecule has 0 bridgehead atoms. The topological polar surface area (TPSA) is 145 Å². The summed E-state index contributed by atoms with van der Waals surface area (Å²) in [6, 6.07) is 3.01. The van der Waals surface area contributed by atoms with Crippen molar-refractivity contribution in [3.05, 3.63) is 18.3 Å². The molecule has 0 radical (unpaired) electrons. The number of carbonyl (C=O) groups is 2. The summed E-state index contributed by atoms with van der Waals surface area (Å²) < 4.78 is 22.7. The first-order chi connectivity index (χ1) is 10.7. The molecule has 1 aromatic heterocycles. The van der Waals surface area contributed by atoms with Crippen LogP contribution in [-0.2, 0) is 19.4 Å². The Bertz CT molecular complexity index is 645. The highest BCUT2D eigenvalue weighted by Gasteiger charge is 2.33. The highest BCUT2D eigenvalue weighted by atomic mass is 32.2. The SMILES string of the molecule is CS(=O)(=O)c1ccc(N2C[C@@H](CC(=O)O)[C@H](O)C2)nc1.O=CO. The van der Waals surface area contributed by atoms with E-state index in [0.29, 0.717) is 18.9 Å². The third-order valence-corrected chi connectivity index (χ3v) is 4.41. The predicted molar refractivity (Wildman–Crippen MR) is 80.0 cm³/mol. The van der Waals surface area contributed by atoms with Gasteiger partial charge in [-0.25, -0.2) is 13.4 Å². The van der Waals surface area contributed by atoms with E-state index in [1.807, 2.05) is 0 Å². The van der Waals surface area contributed by atoms with Crippen LogP contribution in [-0.4, -0.2) is 66.6 Å². The zero-order chi connectivity index (χ0) is 17.6. The number of β-amino-alcohol motifs (C(OH)–C–C–N with tert-alkyl or cyclic N) is 1. The van der Waals surface area contributed by atoms with Gasteiger partial charge in [0, 0.05) is 31.5 Å². The normalized spacial score (nSPS) is 20.5. The monoisotopic (exact) mass is 346 g/mol. The average molecular weight is 346 g/mol. The van der Waals surface area contributed by atoms with Crippen molar-refractivity contribution in [2.75, 3.05) is 24.2 Å². The third kappa shape index (κ3) is 5.49. The molecule has 0 spiro atoms. The molecular weight excluding hydrogens is 328 g/mol. The number of hydrogen-bond acceptors (Lipinski definition) is 7. The highest BCUT2D eigenvalue weighted by Crippen LogP contribution is 2.25. The van der Waals surface area contributed by atoms with Gasteiger partial charge in [0.2, 0.25) is 0 Å². The molecule has 1 saturated heterocycles. The van der Waals surface area contributed by atoms with E-state index in [4.69, 9.17) is 15.0 Å². The zero-order valence-corrected chi connectivity index (χ0v) is 13.2. The molecule has 1 aliphatic rings. The Balaban J connectivity index is 0.000000816. The lowest BCUT2D eigenvalue weighted by Gasteiger charge is -2.16. The molecule has 128 valence electrons. The highest BCUT2D eigenvalue weighted by molar-refractivity contribution is 7.90. The first-order valence-corrected chi connectivity index (χ1v) is 8.47. The molecular formula is C13H18N2O7S. The smallest absolute Gasteiger partial charge is 0.303 e. The van der Waals surface area contributed by atoms with Crippen LogP contribution in [0.15, 0.2) is 23.2 Å². The summed E-state index contributed by atoms with van der Waals surface area (Å²) in [5, 5.41) is 25.5. The summed E-state index contributed by atoms with van der Waals surface area (Å²) >= 11 is 0. The summed E-state index contributed by atoms with van der Waals surface area (Å²) in [7, 11) is -3.29. The van der Waals surface area contributed by atoms with Crippen LogP contribution in [0.4, 0.5) is 5.82 Å². The molecule has 0 amide bonds. The molecule has 23 heavy (non-hydrogen) atoms. The Morgan fingerprint density at radius 3 is 2.48 bits per heavy atom. The van der Waals surface area contributed by atoms with Crippen molar-refractivity contribution in [2.24, 2.45) is 5.92 Å². The van der Waals surface area contributed by atoms with Gasteiger partial charge < -0.3 is 20.2 Å². The Morgan fingerprint density at radius 1 is 1.43 bits per heavy atom. The number of carboxylic acid groups (broad SMARTS) is 2. The van der Waals surface area contributed by atoms with Crippen LogP contribution in [0.1, 0.15) is 6.42 Å². The number of rotatable bonds is 4. The van der Waals surface area contributed by atoms with Crippen LogP contribution in [0, 0.1) is 5.92 Å². The van der Waals surface area contributed by atoms with Crippen molar-refractivity contribution in [1.82, 2.24) is 4.98 Å². The van der Waals surface area contributed by atoms with Gasteiger partial charge in [0.05, 0.1) is 17.4 Å². The molecule has 2 heterocycles. The number of anilines is 1. The van der Waals surface area contributed by atoms with Crippen LogP contribution in [0.3, 0.4) is 0 Å². The number of aliphatic hydroxyl groups excluding tert-OH is 1. The molecule has 10 heteroatoms. The summed E-state index contributed by atoms with van der Waals surface area (Å²) in [6.45, 7) is 0.432. The van der Waals surface area contributed by atoms with E-state index in [0.717, 1.165) is 6.26 Å². The fraction of sp³-hybridized carbons (Fsp3) is 0.462. The predicted octanol–water partition coefficient (Wildman–Crippen LogP) is -0.542. The van der Waals surface area contributed by atoms with Gasteiger partial charge in [0.25, 0.3) is 6.47 Å². The molecule has 1 fully saturated rings. The Kier molecular flexibility index (Phi) is 6.46. The molecule has 0 aliphatic carbocycles. The molecule has 0 saturated carbocycles. The number of hydrogen-bond donors (Lipinski definition) is 3. The van der Waals surface area contributed by atoms with Crippen molar-refractivity contribution < 1.29 is 33.3 Å². The van der Waals surface area contributed by atoms with Crippen LogP contribution < -0.4 is 4.90 Å². The fourth-order valence-corrected chi connectivity index (χ4v) is 2.80. The maximum atomic E-state index is 11.3. The number of nitrogens with zero attached hydrogens (tertiary/aromatic N) is 2. The van der Waals surface area contributed by atoms with Crippen LogP contribution >= 0.6 is 0 Å². The van der Waals surface area contributed by atoms with Gasteiger partial charge in [-0.2, -0.15) is 0 Å². The molecule has 2 atom stereocenters. The largest absolute Gasteiger partial charge is 0.483 e. The van der Waals surface area contributed by atoms with Gasteiger partial charge in [0.15, 0.2) is 9.84 Å². The van der Waals surface area contributed by atoms with E-state index in [2.05, 4.69) is 4.98 Å². The summed E-state index contributed by atoms with van der Waals surface area (Å²) in [5.74, 6) is -0.760. The second-order valence-electron chi connectivity index (χ2n) is 5.06. The molecule has 9 nitrogen and oxygen atoms in total. The number of sulfone groups is 1. The molecule has 3 N–H and O–H groups in total. The quantitative estimate of drug-likeness (QED) is 0.612. The fourth-order valence-electron chi connectivity index (χ4n) is 2.24. The number of carboxylic acids is 1. The number of pyridine rings is 1.